The maximum atomic E-state index is 6.28. The van der Waals surface area contributed by atoms with Crippen molar-refractivity contribution in [2.75, 3.05) is 26.2 Å². The van der Waals surface area contributed by atoms with Crippen LogP contribution in [0, 0.1) is 11.8 Å². The van der Waals surface area contributed by atoms with Gasteiger partial charge in [0.05, 0.1) is 6.10 Å². The fraction of sp³-hybridized carbons (Fsp3) is 1.00. The molecule has 0 spiro atoms. The zero-order chi connectivity index (χ0) is 18.3. The number of nitrogens with one attached hydrogen (secondary N) is 4. The van der Waals surface area contributed by atoms with Crippen LogP contribution in [0.1, 0.15) is 77.0 Å². The first-order valence-electron chi connectivity index (χ1n) is 11.9. The van der Waals surface area contributed by atoms with E-state index in [-0.39, 0.29) is 0 Å². The van der Waals surface area contributed by atoms with E-state index in [1.54, 1.807) is 0 Å². The van der Waals surface area contributed by atoms with Crippen LogP contribution in [0.3, 0.4) is 0 Å². The lowest BCUT2D eigenvalue weighted by molar-refractivity contribution is 0.000913. The van der Waals surface area contributed by atoms with Crippen molar-refractivity contribution in [1.82, 2.24) is 21.3 Å². The van der Waals surface area contributed by atoms with Crippen molar-refractivity contribution in [3.63, 3.8) is 0 Å². The Morgan fingerprint density at radius 2 is 1.70 bits per heavy atom. The van der Waals surface area contributed by atoms with Gasteiger partial charge in [-0.15, -0.1) is 0 Å². The molecule has 6 atom stereocenters. The van der Waals surface area contributed by atoms with Crippen LogP contribution in [0.4, 0.5) is 0 Å². The molecule has 156 valence electrons. The minimum absolute atomic E-state index is 0.292. The Balaban J connectivity index is 1.36. The van der Waals surface area contributed by atoms with Gasteiger partial charge in [-0.05, 0) is 95.7 Å². The van der Waals surface area contributed by atoms with Gasteiger partial charge in [0.15, 0.2) is 0 Å². The van der Waals surface area contributed by atoms with Crippen molar-refractivity contribution in [3.8, 4) is 0 Å². The molecule has 2 saturated carbocycles. The molecule has 2 aliphatic carbocycles. The normalized spacial score (nSPS) is 42.7. The Kier molecular flexibility index (Phi) is 7.84. The molecule has 4 rings (SSSR count). The molecule has 0 aromatic heterocycles. The second-order valence-corrected chi connectivity index (χ2v) is 9.53. The van der Waals surface area contributed by atoms with Gasteiger partial charge in [0.25, 0.3) is 0 Å². The number of hydrogen-bond acceptors (Lipinski definition) is 5. The molecule has 4 fully saturated rings. The standard InChI is InChI=1S/C22H42N4O/c1-2-11-23-16-17-6-4-8-19(14-17)25-22-24-12-10-21(26-22)18-7-5-9-20(15-18)27-13-3-1/h17-26H,1-16H2. The smallest absolute Gasteiger partial charge is 0.112 e. The maximum Gasteiger partial charge on any atom is 0.112 e. The van der Waals surface area contributed by atoms with E-state index >= 15 is 0 Å². The lowest BCUT2D eigenvalue weighted by atomic mass is 9.80. The van der Waals surface area contributed by atoms with E-state index < -0.39 is 0 Å². The van der Waals surface area contributed by atoms with Crippen LogP contribution < -0.4 is 21.3 Å². The SMILES string of the molecule is C1CCNCC2CCCC(C2)NC2NCCC(N2)C2CCCC(C2)OCC1. The zero-order valence-electron chi connectivity index (χ0n) is 17.2. The van der Waals surface area contributed by atoms with Crippen LogP contribution in [0.15, 0.2) is 0 Å². The Morgan fingerprint density at radius 3 is 2.70 bits per heavy atom. The Bertz CT molecular complexity index is 435. The fourth-order valence-corrected chi connectivity index (χ4v) is 5.86. The van der Waals surface area contributed by atoms with E-state index in [1.165, 1.54) is 90.1 Å². The minimum Gasteiger partial charge on any atom is -0.378 e. The van der Waals surface area contributed by atoms with Gasteiger partial charge in [-0.3, -0.25) is 16.0 Å². The first-order chi connectivity index (χ1) is 13.4. The van der Waals surface area contributed by atoms with E-state index in [0.717, 1.165) is 25.0 Å². The first kappa shape index (κ1) is 20.1. The quantitative estimate of drug-likeness (QED) is 0.522. The molecule has 5 heteroatoms. The van der Waals surface area contributed by atoms with Crippen LogP contribution >= 0.6 is 0 Å². The number of ether oxygens (including phenoxy) is 1. The molecule has 5 nitrogen and oxygen atoms in total. The average molecular weight is 379 g/mol. The van der Waals surface area contributed by atoms with Crippen molar-refractivity contribution < 1.29 is 4.74 Å². The summed E-state index contributed by atoms with van der Waals surface area (Å²) in [5.41, 5.74) is 0. The molecule has 6 unspecified atom stereocenters. The monoisotopic (exact) mass is 378 g/mol. The van der Waals surface area contributed by atoms with Crippen molar-refractivity contribution in [2.45, 2.75) is 102 Å². The van der Waals surface area contributed by atoms with E-state index in [2.05, 4.69) is 21.3 Å². The van der Waals surface area contributed by atoms with Gasteiger partial charge in [0.1, 0.15) is 6.29 Å². The molecule has 0 aromatic rings. The summed E-state index contributed by atoms with van der Waals surface area (Å²) in [5, 5.41) is 15.2. The summed E-state index contributed by atoms with van der Waals surface area (Å²) in [7, 11) is 0. The van der Waals surface area contributed by atoms with Gasteiger partial charge < -0.3 is 10.1 Å². The summed E-state index contributed by atoms with van der Waals surface area (Å²) in [4.78, 5) is 0. The Morgan fingerprint density at radius 1 is 0.741 bits per heavy atom. The number of fused-ring (bicyclic) bond motifs is 7. The molecule has 27 heavy (non-hydrogen) atoms. The molecule has 6 bridgehead atoms. The largest absolute Gasteiger partial charge is 0.378 e. The fourth-order valence-electron chi connectivity index (χ4n) is 5.86. The van der Waals surface area contributed by atoms with E-state index in [4.69, 9.17) is 4.74 Å². The summed E-state index contributed by atoms with van der Waals surface area (Å²) in [5.74, 6) is 1.63. The summed E-state index contributed by atoms with van der Waals surface area (Å²) in [6.45, 7) is 4.47. The summed E-state index contributed by atoms with van der Waals surface area (Å²) in [6.07, 6.45) is 16.6. The van der Waals surface area contributed by atoms with Crippen LogP contribution in [0.5, 0.6) is 0 Å². The van der Waals surface area contributed by atoms with Crippen LogP contribution in [0.2, 0.25) is 0 Å². The number of hydrogen-bond donors (Lipinski definition) is 4. The van der Waals surface area contributed by atoms with Crippen molar-refractivity contribution in [1.29, 1.82) is 0 Å². The predicted octanol–water partition coefficient (Wildman–Crippen LogP) is 2.72. The zero-order valence-corrected chi connectivity index (χ0v) is 17.2. The predicted molar refractivity (Wildman–Crippen MR) is 111 cm³/mol. The van der Waals surface area contributed by atoms with Crippen LogP contribution in [-0.2, 0) is 4.74 Å². The highest BCUT2D eigenvalue weighted by Crippen LogP contribution is 2.31. The lowest BCUT2D eigenvalue weighted by Crippen LogP contribution is -2.64. The summed E-state index contributed by atoms with van der Waals surface area (Å²) in [6, 6.07) is 1.31. The van der Waals surface area contributed by atoms with Crippen LogP contribution in [0.25, 0.3) is 0 Å². The van der Waals surface area contributed by atoms with Gasteiger partial charge in [0.2, 0.25) is 0 Å². The molecule has 0 amide bonds. The minimum atomic E-state index is 0.292. The molecule has 0 radical (unpaired) electrons. The molecule has 4 N–H and O–H groups in total. The molecular weight excluding hydrogens is 336 g/mol. The molecule has 2 heterocycles. The van der Waals surface area contributed by atoms with E-state index in [0.29, 0.717) is 24.5 Å². The first-order valence-corrected chi connectivity index (χ1v) is 11.9. The second kappa shape index (κ2) is 10.5. The summed E-state index contributed by atoms with van der Waals surface area (Å²) >= 11 is 0. The Hall–Kier alpha value is -0.200. The van der Waals surface area contributed by atoms with Crippen LogP contribution in [-0.4, -0.2) is 50.7 Å². The molecule has 2 aliphatic heterocycles. The third kappa shape index (κ3) is 6.14. The highest BCUT2D eigenvalue weighted by molar-refractivity contribution is 4.89. The van der Waals surface area contributed by atoms with Gasteiger partial charge in [-0.25, -0.2) is 0 Å². The maximum absolute atomic E-state index is 6.28. The third-order valence-corrected chi connectivity index (χ3v) is 7.39. The van der Waals surface area contributed by atoms with Crippen molar-refractivity contribution >= 4 is 0 Å². The van der Waals surface area contributed by atoms with E-state index in [9.17, 15) is 0 Å². The van der Waals surface area contributed by atoms with E-state index in [1.807, 2.05) is 0 Å². The van der Waals surface area contributed by atoms with Crippen molar-refractivity contribution in [3.05, 3.63) is 0 Å². The highest BCUT2D eigenvalue weighted by atomic mass is 16.5. The van der Waals surface area contributed by atoms with Gasteiger partial charge in [-0.2, -0.15) is 0 Å². The molecular formula is C22H42N4O. The molecule has 4 aliphatic rings. The highest BCUT2D eigenvalue weighted by Gasteiger charge is 2.33. The molecule has 2 saturated heterocycles. The third-order valence-electron chi connectivity index (χ3n) is 7.39. The van der Waals surface area contributed by atoms with Crippen molar-refractivity contribution in [2.24, 2.45) is 11.8 Å². The average Bonchev–Trinajstić information content (AvgIpc) is 2.70. The van der Waals surface area contributed by atoms with Gasteiger partial charge in [-0.1, -0.05) is 12.8 Å². The topological polar surface area (TPSA) is 57.3 Å². The molecule has 0 aromatic carbocycles. The number of rotatable bonds is 0. The van der Waals surface area contributed by atoms with Gasteiger partial charge in [0, 0.05) is 18.7 Å². The van der Waals surface area contributed by atoms with Gasteiger partial charge >= 0.3 is 0 Å². The Labute approximate surface area is 166 Å². The lowest BCUT2D eigenvalue weighted by Gasteiger charge is -2.42. The second-order valence-electron chi connectivity index (χ2n) is 9.53. The summed E-state index contributed by atoms with van der Waals surface area (Å²) < 4.78 is 6.28.